The quantitative estimate of drug-likeness (QED) is 0.708. The van der Waals surface area contributed by atoms with Gasteiger partial charge in [-0.1, -0.05) is 0 Å². The fourth-order valence-electron chi connectivity index (χ4n) is 1.72. The zero-order chi connectivity index (χ0) is 11.0. The summed E-state index contributed by atoms with van der Waals surface area (Å²) in [6, 6.07) is 3.90. The number of Topliss-reactive ketones (excluding diaryl/α,β-unsaturated/α-hetero) is 1. The third-order valence-corrected chi connectivity index (χ3v) is 3.03. The van der Waals surface area contributed by atoms with E-state index in [0.29, 0.717) is 0 Å². The Bertz CT molecular complexity index is 403. The summed E-state index contributed by atoms with van der Waals surface area (Å²) in [7, 11) is 1.62. The highest BCUT2D eigenvalue weighted by atomic mass is 16.5. The van der Waals surface area contributed by atoms with Gasteiger partial charge in [0, 0.05) is 5.92 Å². The Morgan fingerprint density at radius 1 is 1.27 bits per heavy atom. The molecule has 80 valence electrons. The SMILES string of the molecule is COc1cc(C)c(C)cc1C(=O)C1CC1. The topological polar surface area (TPSA) is 26.3 Å². The lowest BCUT2D eigenvalue weighted by Crippen LogP contribution is -2.05. The largest absolute Gasteiger partial charge is 0.496 e. The minimum absolute atomic E-state index is 0.245. The van der Waals surface area contributed by atoms with Gasteiger partial charge in [0.05, 0.1) is 12.7 Å². The molecule has 0 aromatic heterocycles. The van der Waals surface area contributed by atoms with Crippen molar-refractivity contribution in [3.8, 4) is 5.75 Å². The van der Waals surface area contributed by atoms with Gasteiger partial charge in [0.15, 0.2) is 5.78 Å². The lowest BCUT2D eigenvalue weighted by atomic mass is 10.00. The van der Waals surface area contributed by atoms with Gasteiger partial charge in [-0.2, -0.15) is 0 Å². The van der Waals surface area contributed by atoms with Gasteiger partial charge in [-0.3, -0.25) is 4.79 Å². The predicted octanol–water partition coefficient (Wildman–Crippen LogP) is 2.90. The fourth-order valence-corrected chi connectivity index (χ4v) is 1.72. The molecule has 0 atom stereocenters. The smallest absolute Gasteiger partial charge is 0.169 e. The normalized spacial score (nSPS) is 15.1. The van der Waals surface area contributed by atoms with Crippen LogP contribution in [0.4, 0.5) is 0 Å². The lowest BCUT2D eigenvalue weighted by Gasteiger charge is -2.10. The van der Waals surface area contributed by atoms with E-state index in [1.807, 2.05) is 26.0 Å². The third-order valence-electron chi connectivity index (χ3n) is 3.03. The number of methoxy groups -OCH3 is 1. The molecule has 0 radical (unpaired) electrons. The Labute approximate surface area is 90.3 Å². The highest BCUT2D eigenvalue weighted by Gasteiger charge is 2.32. The maximum absolute atomic E-state index is 12.0. The summed E-state index contributed by atoms with van der Waals surface area (Å²) in [5, 5.41) is 0. The van der Waals surface area contributed by atoms with Gasteiger partial charge in [-0.25, -0.2) is 0 Å². The van der Waals surface area contributed by atoms with Crippen LogP contribution in [0.2, 0.25) is 0 Å². The van der Waals surface area contributed by atoms with Crippen LogP contribution >= 0.6 is 0 Å². The number of ether oxygens (including phenoxy) is 1. The molecule has 0 saturated heterocycles. The molecule has 1 fully saturated rings. The number of aryl methyl sites for hydroxylation is 2. The van der Waals surface area contributed by atoms with E-state index < -0.39 is 0 Å². The molecule has 1 aromatic rings. The van der Waals surface area contributed by atoms with Gasteiger partial charge in [0.25, 0.3) is 0 Å². The van der Waals surface area contributed by atoms with Crippen molar-refractivity contribution >= 4 is 5.78 Å². The Morgan fingerprint density at radius 2 is 1.87 bits per heavy atom. The van der Waals surface area contributed by atoms with Crippen LogP contribution in [0.25, 0.3) is 0 Å². The van der Waals surface area contributed by atoms with Crippen LogP contribution in [0.1, 0.15) is 34.3 Å². The zero-order valence-corrected chi connectivity index (χ0v) is 9.46. The van der Waals surface area contributed by atoms with E-state index in [1.54, 1.807) is 7.11 Å². The fraction of sp³-hybridized carbons (Fsp3) is 0.462. The van der Waals surface area contributed by atoms with Crippen molar-refractivity contribution < 1.29 is 9.53 Å². The van der Waals surface area contributed by atoms with Crippen molar-refractivity contribution in [2.75, 3.05) is 7.11 Å². The summed E-state index contributed by atoms with van der Waals surface area (Å²) < 4.78 is 5.26. The standard InChI is InChI=1S/C13H16O2/c1-8-6-11(13(14)10-4-5-10)12(15-3)7-9(8)2/h6-7,10H,4-5H2,1-3H3. The minimum atomic E-state index is 0.245. The maximum Gasteiger partial charge on any atom is 0.169 e. The molecule has 0 aliphatic heterocycles. The van der Waals surface area contributed by atoms with E-state index in [-0.39, 0.29) is 11.7 Å². The highest BCUT2D eigenvalue weighted by Crippen LogP contribution is 2.36. The van der Waals surface area contributed by atoms with E-state index in [0.717, 1.165) is 29.7 Å². The summed E-state index contributed by atoms with van der Waals surface area (Å²) in [6.07, 6.45) is 2.07. The first kappa shape index (κ1) is 10.2. The third kappa shape index (κ3) is 1.89. The van der Waals surface area contributed by atoms with E-state index in [9.17, 15) is 4.79 Å². The first-order valence-electron chi connectivity index (χ1n) is 5.33. The molecule has 1 aliphatic carbocycles. The first-order chi connectivity index (χ1) is 7.13. The second-order valence-electron chi connectivity index (χ2n) is 4.28. The zero-order valence-electron chi connectivity index (χ0n) is 9.46. The Morgan fingerprint density at radius 3 is 2.40 bits per heavy atom. The van der Waals surface area contributed by atoms with Gasteiger partial charge in [-0.05, 0) is 49.9 Å². The van der Waals surface area contributed by atoms with Gasteiger partial charge in [0.1, 0.15) is 5.75 Å². The number of benzene rings is 1. The molecular weight excluding hydrogens is 188 g/mol. The monoisotopic (exact) mass is 204 g/mol. The van der Waals surface area contributed by atoms with Crippen LogP contribution in [0.5, 0.6) is 5.75 Å². The van der Waals surface area contributed by atoms with E-state index in [1.165, 1.54) is 5.56 Å². The molecule has 0 bridgehead atoms. The summed E-state index contributed by atoms with van der Waals surface area (Å²) in [5.41, 5.74) is 3.07. The van der Waals surface area contributed by atoms with Crippen molar-refractivity contribution in [3.63, 3.8) is 0 Å². The lowest BCUT2D eigenvalue weighted by molar-refractivity contribution is 0.0964. The Kier molecular flexibility index (Phi) is 2.51. The second kappa shape index (κ2) is 3.69. The molecule has 0 spiro atoms. The van der Waals surface area contributed by atoms with Gasteiger partial charge in [-0.15, -0.1) is 0 Å². The van der Waals surface area contributed by atoms with Crippen molar-refractivity contribution in [2.24, 2.45) is 5.92 Å². The van der Waals surface area contributed by atoms with E-state index in [2.05, 4.69) is 0 Å². The van der Waals surface area contributed by atoms with Crippen molar-refractivity contribution in [1.82, 2.24) is 0 Å². The van der Waals surface area contributed by atoms with Crippen LogP contribution in [0.3, 0.4) is 0 Å². The predicted molar refractivity (Wildman–Crippen MR) is 59.5 cm³/mol. The van der Waals surface area contributed by atoms with Crippen LogP contribution in [-0.2, 0) is 0 Å². The van der Waals surface area contributed by atoms with Crippen LogP contribution in [0, 0.1) is 19.8 Å². The molecule has 2 heteroatoms. The van der Waals surface area contributed by atoms with Crippen LogP contribution < -0.4 is 4.74 Å². The van der Waals surface area contributed by atoms with Gasteiger partial charge < -0.3 is 4.74 Å². The molecule has 1 aromatic carbocycles. The molecule has 0 heterocycles. The van der Waals surface area contributed by atoms with Crippen LogP contribution in [-0.4, -0.2) is 12.9 Å². The molecule has 0 N–H and O–H groups in total. The summed E-state index contributed by atoms with van der Waals surface area (Å²) in [4.78, 5) is 12.0. The number of rotatable bonds is 3. The van der Waals surface area contributed by atoms with Crippen molar-refractivity contribution in [2.45, 2.75) is 26.7 Å². The molecule has 2 nitrogen and oxygen atoms in total. The molecule has 15 heavy (non-hydrogen) atoms. The molecule has 1 saturated carbocycles. The number of hydrogen-bond acceptors (Lipinski definition) is 2. The van der Waals surface area contributed by atoms with Crippen LogP contribution in [0.15, 0.2) is 12.1 Å². The molecule has 2 rings (SSSR count). The van der Waals surface area contributed by atoms with E-state index >= 15 is 0 Å². The molecule has 0 amide bonds. The second-order valence-corrected chi connectivity index (χ2v) is 4.28. The number of carbonyl (C=O) groups is 1. The van der Waals surface area contributed by atoms with Crippen molar-refractivity contribution in [3.05, 3.63) is 28.8 Å². The molecule has 0 unspecified atom stereocenters. The summed E-state index contributed by atoms with van der Waals surface area (Å²) in [5.74, 6) is 1.21. The highest BCUT2D eigenvalue weighted by molar-refractivity contribution is 6.01. The number of hydrogen-bond donors (Lipinski definition) is 0. The Hall–Kier alpha value is -1.31. The maximum atomic E-state index is 12.0. The van der Waals surface area contributed by atoms with Gasteiger partial charge >= 0.3 is 0 Å². The average Bonchev–Trinajstić information content (AvgIpc) is 3.04. The summed E-state index contributed by atoms with van der Waals surface area (Å²) >= 11 is 0. The number of ketones is 1. The summed E-state index contributed by atoms with van der Waals surface area (Å²) in [6.45, 7) is 4.06. The molecule has 1 aliphatic rings. The number of carbonyl (C=O) groups excluding carboxylic acids is 1. The van der Waals surface area contributed by atoms with E-state index in [4.69, 9.17) is 4.74 Å². The average molecular weight is 204 g/mol. The van der Waals surface area contributed by atoms with Crippen molar-refractivity contribution in [1.29, 1.82) is 0 Å². The Balaban J connectivity index is 2.43. The van der Waals surface area contributed by atoms with Gasteiger partial charge in [0.2, 0.25) is 0 Å². The first-order valence-corrected chi connectivity index (χ1v) is 5.33. The molecular formula is C13H16O2. The minimum Gasteiger partial charge on any atom is -0.496 e.